The Morgan fingerprint density at radius 3 is 2.64 bits per heavy atom. The molecule has 0 radical (unpaired) electrons. The second-order valence-corrected chi connectivity index (χ2v) is 6.23. The van der Waals surface area contributed by atoms with Gasteiger partial charge in [-0.2, -0.15) is 0 Å². The van der Waals surface area contributed by atoms with Gasteiger partial charge in [0, 0.05) is 25.1 Å². The molecule has 2 aliphatic carbocycles. The van der Waals surface area contributed by atoms with Crippen LogP contribution in [0.25, 0.3) is 0 Å². The zero-order valence-electron chi connectivity index (χ0n) is 13.4. The van der Waals surface area contributed by atoms with Gasteiger partial charge in [0.15, 0.2) is 11.5 Å². The van der Waals surface area contributed by atoms with Gasteiger partial charge in [0.25, 0.3) is 0 Å². The van der Waals surface area contributed by atoms with E-state index in [9.17, 15) is 4.79 Å². The molecule has 0 spiro atoms. The summed E-state index contributed by atoms with van der Waals surface area (Å²) in [6, 6.07) is 5.77. The molecule has 1 saturated carbocycles. The average Bonchev–Trinajstić information content (AvgIpc) is 3.16. The summed E-state index contributed by atoms with van der Waals surface area (Å²) >= 11 is 0. The zero-order valence-corrected chi connectivity index (χ0v) is 13.4. The molecule has 118 valence electrons. The molecule has 1 aromatic rings. The third-order valence-corrected chi connectivity index (χ3v) is 4.86. The third kappa shape index (κ3) is 2.58. The maximum Gasteiger partial charge on any atom is 0.226 e. The van der Waals surface area contributed by atoms with Gasteiger partial charge in [-0.25, -0.2) is 0 Å². The number of amides is 1. The van der Waals surface area contributed by atoms with E-state index >= 15 is 0 Å². The first-order chi connectivity index (χ1) is 10.6. The number of hydrogen-bond acceptors (Lipinski definition) is 3. The number of ether oxygens (including phenoxy) is 2. The predicted molar refractivity (Wildman–Crippen MR) is 84.9 cm³/mol. The molecule has 3 atom stereocenters. The number of nitrogens with zero attached hydrogens (tertiary/aromatic N) is 1. The van der Waals surface area contributed by atoms with Crippen molar-refractivity contribution in [2.45, 2.75) is 19.4 Å². The van der Waals surface area contributed by atoms with Gasteiger partial charge in [0.05, 0.1) is 14.2 Å². The van der Waals surface area contributed by atoms with Gasteiger partial charge in [-0.05, 0) is 30.7 Å². The van der Waals surface area contributed by atoms with E-state index in [1.54, 1.807) is 14.2 Å². The molecule has 0 saturated heterocycles. The quantitative estimate of drug-likeness (QED) is 0.785. The molecule has 0 aliphatic heterocycles. The molecule has 2 bridgehead atoms. The van der Waals surface area contributed by atoms with Crippen molar-refractivity contribution >= 4 is 5.91 Å². The van der Waals surface area contributed by atoms with Crippen molar-refractivity contribution in [3.05, 3.63) is 35.9 Å². The van der Waals surface area contributed by atoms with Crippen LogP contribution >= 0.6 is 0 Å². The molecule has 3 unspecified atom stereocenters. The molecule has 1 aromatic carbocycles. The predicted octanol–water partition coefficient (Wildman–Crippen LogP) is 2.87. The van der Waals surface area contributed by atoms with Crippen molar-refractivity contribution in [3.8, 4) is 11.5 Å². The first-order valence-corrected chi connectivity index (χ1v) is 7.77. The Balaban J connectivity index is 1.73. The normalized spacial score (nSPS) is 25.3. The maximum absolute atomic E-state index is 12.7. The number of benzene rings is 1. The summed E-state index contributed by atoms with van der Waals surface area (Å²) in [7, 11) is 5.12. The van der Waals surface area contributed by atoms with Gasteiger partial charge in [-0.1, -0.05) is 24.3 Å². The Kier molecular flexibility index (Phi) is 4.10. The molecule has 0 heterocycles. The third-order valence-electron chi connectivity index (χ3n) is 4.86. The molecular weight excluding hydrogens is 278 g/mol. The van der Waals surface area contributed by atoms with Crippen LogP contribution in [0.2, 0.25) is 0 Å². The molecule has 1 fully saturated rings. The van der Waals surface area contributed by atoms with Crippen LogP contribution in [-0.2, 0) is 11.3 Å². The minimum Gasteiger partial charge on any atom is -0.493 e. The molecule has 0 N–H and O–H groups in total. The summed E-state index contributed by atoms with van der Waals surface area (Å²) in [5, 5.41) is 0. The van der Waals surface area contributed by atoms with Crippen molar-refractivity contribution in [1.29, 1.82) is 0 Å². The molecule has 0 aromatic heterocycles. The number of carbonyl (C=O) groups excluding carboxylic acids is 1. The minimum atomic E-state index is 0.150. The second kappa shape index (κ2) is 6.03. The lowest BCUT2D eigenvalue weighted by molar-refractivity contribution is -0.135. The van der Waals surface area contributed by atoms with Crippen LogP contribution in [-0.4, -0.2) is 32.1 Å². The van der Waals surface area contributed by atoms with E-state index in [0.29, 0.717) is 29.9 Å². The summed E-state index contributed by atoms with van der Waals surface area (Å²) in [5.74, 6) is 2.84. The van der Waals surface area contributed by atoms with Crippen molar-refractivity contribution in [3.63, 3.8) is 0 Å². The van der Waals surface area contributed by atoms with Crippen molar-refractivity contribution in [2.24, 2.45) is 17.8 Å². The van der Waals surface area contributed by atoms with Crippen molar-refractivity contribution < 1.29 is 14.3 Å². The largest absolute Gasteiger partial charge is 0.493 e. The number of para-hydroxylation sites is 1. The maximum atomic E-state index is 12.7. The van der Waals surface area contributed by atoms with E-state index in [4.69, 9.17) is 9.47 Å². The molecule has 1 amide bonds. The number of allylic oxidation sites excluding steroid dienone is 2. The van der Waals surface area contributed by atoms with Crippen LogP contribution in [0.4, 0.5) is 0 Å². The van der Waals surface area contributed by atoms with Gasteiger partial charge in [-0.3, -0.25) is 4.79 Å². The van der Waals surface area contributed by atoms with Crippen LogP contribution in [0.15, 0.2) is 30.4 Å². The van der Waals surface area contributed by atoms with Gasteiger partial charge in [0.2, 0.25) is 5.91 Å². The monoisotopic (exact) mass is 301 g/mol. The van der Waals surface area contributed by atoms with E-state index in [0.717, 1.165) is 18.4 Å². The fraction of sp³-hybridized carbons (Fsp3) is 0.500. The molecule has 4 nitrogen and oxygen atoms in total. The summed E-state index contributed by atoms with van der Waals surface area (Å²) < 4.78 is 10.8. The molecular formula is C18H23NO3. The summed E-state index contributed by atoms with van der Waals surface area (Å²) in [6.07, 6.45) is 6.63. The van der Waals surface area contributed by atoms with Crippen LogP contribution in [0.5, 0.6) is 11.5 Å². The average molecular weight is 301 g/mol. The standard InChI is InChI=1S/C18H23NO3/c1-19(18(20)15-10-12-7-8-13(15)9-12)11-14-5-4-6-16(21-2)17(14)22-3/h4-8,12-13,15H,9-11H2,1-3H3. The first kappa shape index (κ1) is 14.9. The summed E-state index contributed by atoms with van der Waals surface area (Å²) in [4.78, 5) is 14.5. The minimum absolute atomic E-state index is 0.150. The fourth-order valence-electron chi connectivity index (χ4n) is 3.76. The highest BCUT2D eigenvalue weighted by Crippen LogP contribution is 2.44. The Bertz CT molecular complexity index is 596. The smallest absolute Gasteiger partial charge is 0.226 e. The van der Waals surface area contributed by atoms with E-state index in [1.807, 2.05) is 30.1 Å². The highest BCUT2D eigenvalue weighted by Gasteiger charge is 2.40. The number of methoxy groups -OCH3 is 2. The van der Waals surface area contributed by atoms with E-state index in [1.165, 1.54) is 0 Å². The second-order valence-electron chi connectivity index (χ2n) is 6.23. The Hall–Kier alpha value is -1.97. The lowest BCUT2D eigenvalue weighted by Crippen LogP contribution is -2.34. The van der Waals surface area contributed by atoms with Crippen LogP contribution in [0.1, 0.15) is 18.4 Å². The van der Waals surface area contributed by atoms with Crippen LogP contribution in [0.3, 0.4) is 0 Å². The summed E-state index contributed by atoms with van der Waals surface area (Å²) in [6.45, 7) is 0.538. The zero-order chi connectivity index (χ0) is 15.7. The Labute approximate surface area is 131 Å². The lowest BCUT2D eigenvalue weighted by atomic mass is 9.92. The SMILES string of the molecule is COc1cccc(CN(C)C(=O)C2CC3C=CC2C3)c1OC. The van der Waals surface area contributed by atoms with E-state index in [2.05, 4.69) is 12.2 Å². The Morgan fingerprint density at radius 2 is 2.05 bits per heavy atom. The van der Waals surface area contributed by atoms with Gasteiger partial charge in [-0.15, -0.1) is 0 Å². The Morgan fingerprint density at radius 1 is 1.23 bits per heavy atom. The van der Waals surface area contributed by atoms with Gasteiger partial charge < -0.3 is 14.4 Å². The van der Waals surface area contributed by atoms with Crippen LogP contribution < -0.4 is 9.47 Å². The highest BCUT2D eigenvalue weighted by atomic mass is 16.5. The van der Waals surface area contributed by atoms with E-state index < -0.39 is 0 Å². The van der Waals surface area contributed by atoms with Crippen LogP contribution in [0, 0.1) is 17.8 Å². The first-order valence-electron chi connectivity index (χ1n) is 7.77. The lowest BCUT2D eigenvalue weighted by Gasteiger charge is -2.25. The molecule has 2 aliphatic rings. The van der Waals surface area contributed by atoms with Crippen molar-refractivity contribution in [2.75, 3.05) is 21.3 Å². The number of rotatable bonds is 5. The van der Waals surface area contributed by atoms with Crippen molar-refractivity contribution in [1.82, 2.24) is 4.90 Å². The number of fused-ring (bicyclic) bond motifs is 2. The molecule has 4 heteroatoms. The molecule has 3 rings (SSSR count). The van der Waals surface area contributed by atoms with Gasteiger partial charge in [0.1, 0.15) is 0 Å². The highest BCUT2D eigenvalue weighted by molar-refractivity contribution is 5.80. The topological polar surface area (TPSA) is 38.8 Å². The van der Waals surface area contributed by atoms with E-state index in [-0.39, 0.29) is 11.8 Å². The summed E-state index contributed by atoms with van der Waals surface area (Å²) in [5.41, 5.74) is 0.969. The fourth-order valence-corrected chi connectivity index (χ4v) is 3.76. The molecule has 22 heavy (non-hydrogen) atoms. The van der Waals surface area contributed by atoms with Gasteiger partial charge >= 0.3 is 0 Å². The number of carbonyl (C=O) groups is 1. The number of hydrogen-bond donors (Lipinski definition) is 0.